The van der Waals surface area contributed by atoms with Gasteiger partial charge in [0.1, 0.15) is 11.5 Å². The van der Waals surface area contributed by atoms with E-state index in [2.05, 4.69) is 51.4 Å². The molecular formula is C20H22ClN5O2. The number of aryl methyl sites for hydroxylation is 1. The largest absolute Gasteiger partial charge is 0.495 e. The zero-order chi connectivity index (χ0) is 20.1. The first-order valence-electron chi connectivity index (χ1n) is 8.78. The summed E-state index contributed by atoms with van der Waals surface area (Å²) in [6.07, 6.45) is 1.64. The second kappa shape index (κ2) is 8.75. The molecule has 0 spiro atoms. The van der Waals surface area contributed by atoms with Crippen LogP contribution in [0, 0.1) is 6.92 Å². The van der Waals surface area contributed by atoms with Crippen LogP contribution in [-0.2, 0) is 0 Å². The highest BCUT2D eigenvalue weighted by molar-refractivity contribution is 6.32. The first-order chi connectivity index (χ1) is 13.5. The number of nitrogens with one attached hydrogen (secondary N) is 1. The number of ether oxygens (including phenoxy) is 2. The third-order valence-corrected chi connectivity index (χ3v) is 4.47. The molecule has 0 amide bonds. The van der Waals surface area contributed by atoms with Crippen molar-refractivity contribution >= 4 is 34.7 Å². The summed E-state index contributed by atoms with van der Waals surface area (Å²) >= 11 is 6.17. The zero-order valence-electron chi connectivity index (χ0n) is 16.2. The van der Waals surface area contributed by atoms with Crippen LogP contribution in [0.5, 0.6) is 11.5 Å². The minimum absolute atomic E-state index is 0.339. The van der Waals surface area contributed by atoms with Crippen LogP contribution in [0.1, 0.15) is 12.5 Å². The van der Waals surface area contributed by atoms with Crippen molar-refractivity contribution in [3.63, 3.8) is 0 Å². The van der Waals surface area contributed by atoms with Crippen molar-refractivity contribution in [1.29, 1.82) is 0 Å². The fraction of sp³-hybridized carbons (Fsp3) is 0.250. The maximum Gasteiger partial charge on any atom is 0.249 e. The van der Waals surface area contributed by atoms with Gasteiger partial charge in [0, 0.05) is 24.4 Å². The fourth-order valence-electron chi connectivity index (χ4n) is 2.83. The summed E-state index contributed by atoms with van der Waals surface area (Å²) in [5, 5.41) is 11.8. The van der Waals surface area contributed by atoms with Gasteiger partial charge < -0.3 is 19.7 Å². The Morgan fingerprint density at radius 2 is 1.89 bits per heavy atom. The number of halogens is 1. The maximum atomic E-state index is 6.17. The minimum atomic E-state index is 0.339. The molecule has 0 aliphatic rings. The third-order valence-electron chi connectivity index (χ3n) is 4.17. The molecule has 1 heterocycles. The van der Waals surface area contributed by atoms with Crippen molar-refractivity contribution < 1.29 is 9.47 Å². The molecule has 0 radical (unpaired) electrons. The van der Waals surface area contributed by atoms with Gasteiger partial charge in [0.2, 0.25) is 5.95 Å². The first kappa shape index (κ1) is 19.7. The van der Waals surface area contributed by atoms with Crippen LogP contribution in [0.2, 0.25) is 5.02 Å². The van der Waals surface area contributed by atoms with Crippen molar-refractivity contribution in [3.05, 3.63) is 53.2 Å². The second-order valence-electron chi connectivity index (χ2n) is 6.03. The van der Waals surface area contributed by atoms with Crippen LogP contribution in [0.3, 0.4) is 0 Å². The molecule has 7 nitrogen and oxygen atoms in total. The molecule has 0 atom stereocenters. The van der Waals surface area contributed by atoms with E-state index < -0.39 is 0 Å². The van der Waals surface area contributed by atoms with E-state index in [-0.39, 0.29) is 0 Å². The fourth-order valence-corrected chi connectivity index (χ4v) is 3.06. The Labute approximate surface area is 169 Å². The number of benzene rings is 2. The summed E-state index contributed by atoms with van der Waals surface area (Å²) in [5.74, 6) is 2.09. The van der Waals surface area contributed by atoms with Crippen LogP contribution in [0.25, 0.3) is 0 Å². The van der Waals surface area contributed by atoms with E-state index in [9.17, 15) is 0 Å². The molecule has 0 fully saturated rings. The summed E-state index contributed by atoms with van der Waals surface area (Å²) in [5.41, 5.74) is 2.84. The lowest BCUT2D eigenvalue weighted by Crippen LogP contribution is -2.18. The quantitative estimate of drug-likeness (QED) is 0.614. The Morgan fingerprint density at radius 3 is 2.57 bits per heavy atom. The van der Waals surface area contributed by atoms with E-state index in [4.69, 9.17) is 21.1 Å². The van der Waals surface area contributed by atoms with Gasteiger partial charge in [-0.15, -0.1) is 5.10 Å². The van der Waals surface area contributed by atoms with Crippen LogP contribution >= 0.6 is 11.6 Å². The Balaban J connectivity index is 1.93. The zero-order valence-corrected chi connectivity index (χ0v) is 17.0. The van der Waals surface area contributed by atoms with E-state index >= 15 is 0 Å². The van der Waals surface area contributed by atoms with Gasteiger partial charge in [-0.1, -0.05) is 23.7 Å². The molecule has 1 aromatic heterocycles. The number of rotatable bonds is 7. The topological polar surface area (TPSA) is 72.4 Å². The molecule has 28 heavy (non-hydrogen) atoms. The lowest BCUT2D eigenvalue weighted by Gasteiger charge is -2.22. The van der Waals surface area contributed by atoms with E-state index in [1.165, 1.54) is 5.56 Å². The Bertz CT molecular complexity index is 967. The highest BCUT2D eigenvalue weighted by Gasteiger charge is 2.14. The molecule has 1 N–H and O–H groups in total. The number of hydrogen-bond acceptors (Lipinski definition) is 7. The average molecular weight is 400 g/mol. The summed E-state index contributed by atoms with van der Waals surface area (Å²) in [7, 11) is 3.12. The van der Waals surface area contributed by atoms with Crippen LogP contribution in [0.15, 0.2) is 42.6 Å². The monoisotopic (exact) mass is 399 g/mol. The molecule has 0 saturated carbocycles. The van der Waals surface area contributed by atoms with Crippen LogP contribution in [0.4, 0.5) is 23.1 Å². The third kappa shape index (κ3) is 4.26. The van der Waals surface area contributed by atoms with Crippen molar-refractivity contribution in [2.75, 3.05) is 31.0 Å². The smallest absolute Gasteiger partial charge is 0.249 e. The standard InChI is InChI=1S/C20H22ClN5O2/c1-5-26(14-8-6-7-13(2)9-14)19-12-22-25-20(24-19)23-16-11-17(27-3)15(21)10-18(16)28-4/h6-12H,5H2,1-4H3,(H,23,24,25). The Hall–Kier alpha value is -3.06. The van der Waals surface area contributed by atoms with E-state index in [1.54, 1.807) is 32.5 Å². The van der Waals surface area contributed by atoms with Gasteiger partial charge in [-0.25, -0.2) is 0 Å². The molecule has 0 aliphatic carbocycles. The maximum absolute atomic E-state index is 6.17. The minimum Gasteiger partial charge on any atom is -0.495 e. The molecule has 3 aromatic rings. The normalized spacial score (nSPS) is 10.5. The Kier molecular flexibility index (Phi) is 6.16. The number of hydrogen-bond donors (Lipinski definition) is 1. The molecular weight excluding hydrogens is 378 g/mol. The molecule has 2 aromatic carbocycles. The van der Waals surface area contributed by atoms with Crippen molar-refractivity contribution in [3.8, 4) is 11.5 Å². The van der Waals surface area contributed by atoms with Crippen molar-refractivity contribution in [2.24, 2.45) is 0 Å². The van der Waals surface area contributed by atoms with Crippen molar-refractivity contribution in [1.82, 2.24) is 15.2 Å². The second-order valence-corrected chi connectivity index (χ2v) is 6.44. The Morgan fingerprint density at radius 1 is 1.11 bits per heavy atom. The molecule has 0 bridgehead atoms. The van der Waals surface area contributed by atoms with Gasteiger partial charge >= 0.3 is 0 Å². The first-order valence-corrected chi connectivity index (χ1v) is 9.16. The molecule has 0 unspecified atom stereocenters. The number of methoxy groups -OCH3 is 2. The van der Waals surface area contributed by atoms with Gasteiger partial charge in [-0.05, 0) is 31.5 Å². The average Bonchev–Trinajstić information content (AvgIpc) is 2.70. The number of aromatic nitrogens is 3. The van der Waals surface area contributed by atoms with Crippen LogP contribution in [-0.4, -0.2) is 35.9 Å². The van der Waals surface area contributed by atoms with Gasteiger partial charge in [0.15, 0.2) is 5.82 Å². The summed E-state index contributed by atoms with van der Waals surface area (Å²) in [6.45, 7) is 4.85. The van der Waals surface area contributed by atoms with E-state index in [0.29, 0.717) is 34.0 Å². The number of nitrogens with zero attached hydrogens (tertiary/aromatic N) is 4. The van der Waals surface area contributed by atoms with E-state index in [0.717, 1.165) is 12.2 Å². The lowest BCUT2D eigenvalue weighted by atomic mass is 10.2. The summed E-state index contributed by atoms with van der Waals surface area (Å²) in [6, 6.07) is 11.6. The van der Waals surface area contributed by atoms with Crippen LogP contribution < -0.4 is 19.7 Å². The van der Waals surface area contributed by atoms with E-state index in [1.807, 2.05) is 12.1 Å². The van der Waals surface area contributed by atoms with Gasteiger partial charge in [0.05, 0.1) is 31.1 Å². The van der Waals surface area contributed by atoms with Gasteiger partial charge in [0.25, 0.3) is 0 Å². The molecule has 0 saturated heterocycles. The SMILES string of the molecule is CCN(c1cccc(C)c1)c1cnnc(Nc2cc(OC)c(Cl)cc2OC)n1. The summed E-state index contributed by atoms with van der Waals surface area (Å²) in [4.78, 5) is 6.67. The highest BCUT2D eigenvalue weighted by atomic mass is 35.5. The molecule has 8 heteroatoms. The predicted octanol–water partition coefficient (Wildman–Crippen LogP) is 4.75. The predicted molar refractivity (Wildman–Crippen MR) is 112 cm³/mol. The molecule has 0 aliphatic heterocycles. The highest BCUT2D eigenvalue weighted by Crippen LogP contribution is 2.37. The number of anilines is 4. The molecule has 146 valence electrons. The van der Waals surface area contributed by atoms with Gasteiger partial charge in [-0.2, -0.15) is 10.1 Å². The lowest BCUT2D eigenvalue weighted by molar-refractivity contribution is 0.405. The van der Waals surface area contributed by atoms with Crippen molar-refractivity contribution in [2.45, 2.75) is 13.8 Å². The molecule has 3 rings (SSSR count). The summed E-state index contributed by atoms with van der Waals surface area (Å²) < 4.78 is 10.7. The van der Waals surface area contributed by atoms with Gasteiger partial charge in [-0.3, -0.25) is 0 Å².